The van der Waals surface area contributed by atoms with Gasteiger partial charge in [0.25, 0.3) is 0 Å². The summed E-state index contributed by atoms with van der Waals surface area (Å²) in [4.78, 5) is 11.6. The molecule has 22 heavy (non-hydrogen) atoms. The summed E-state index contributed by atoms with van der Waals surface area (Å²) in [5.74, 6) is 0.554. The van der Waals surface area contributed by atoms with Crippen LogP contribution in [0.1, 0.15) is 15.9 Å². The number of rotatable bonds is 3. The average Bonchev–Trinajstić information content (AvgIpc) is 2.99. The average molecular weight is 288 g/mol. The number of nitriles is 1. The van der Waals surface area contributed by atoms with Crippen molar-refractivity contribution in [2.75, 3.05) is 0 Å². The molecule has 5 heteroatoms. The molecule has 2 aromatic carbocycles. The van der Waals surface area contributed by atoms with Gasteiger partial charge in [-0.25, -0.2) is 0 Å². The summed E-state index contributed by atoms with van der Waals surface area (Å²) in [7, 11) is 1.80. The zero-order valence-corrected chi connectivity index (χ0v) is 11.9. The number of nitrogens with zero attached hydrogens (tertiary/aromatic N) is 4. The minimum absolute atomic E-state index is 0.327. The van der Waals surface area contributed by atoms with Gasteiger partial charge in [0.2, 0.25) is 0 Å². The fourth-order valence-corrected chi connectivity index (χ4v) is 2.45. The first kappa shape index (κ1) is 13.7. The van der Waals surface area contributed by atoms with Crippen molar-refractivity contribution < 1.29 is 4.79 Å². The predicted octanol–water partition coefficient (Wildman–Crippen LogP) is 2.83. The molecule has 0 aliphatic heterocycles. The van der Waals surface area contributed by atoms with E-state index in [1.54, 1.807) is 24.0 Å². The van der Waals surface area contributed by atoms with Gasteiger partial charge < -0.3 is 4.57 Å². The Morgan fingerprint density at radius 2 is 1.95 bits per heavy atom. The summed E-state index contributed by atoms with van der Waals surface area (Å²) in [6.07, 6.45) is 2.27. The summed E-state index contributed by atoms with van der Waals surface area (Å²) in [6.45, 7) is 0. The van der Waals surface area contributed by atoms with Crippen molar-refractivity contribution in [1.82, 2.24) is 14.8 Å². The lowest BCUT2D eigenvalue weighted by Crippen LogP contribution is -2.01. The maximum absolute atomic E-state index is 11.6. The van der Waals surface area contributed by atoms with Crippen molar-refractivity contribution in [2.24, 2.45) is 7.05 Å². The normalized spacial score (nSPS) is 10.2. The third kappa shape index (κ3) is 2.17. The highest BCUT2D eigenvalue weighted by Crippen LogP contribution is 2.34. The van der Waals surface area contributed by atoms with E-state index in [0.717, 1.165) is 11.1 Å². The molecule has 1 aromatic heterocycles. The Morgan fingerprint density at radius 3 is 2.55 bits per heavy atom. The van der Waals surface area contributed by atoms with Crippen LogP contribution in [0.15, 0.2) is 48.8 Å². The lowest BCUT2D eigenvalue weighted by atomic mass is 9.92. The molecule has 106 valence electrons. The van der Waals surface area contributed by atoms with Crippen LogP contribution in [-0.2, 0) is 7.05 Å². The fraction of sp³-hybridized carbons (Fsp3) is 0.0588. The number of carbonyl (C=O) groups excluding carboxylic acids is 1. The van der Waals surface area contributed by atoms with Crippen molar-refractivity contribution in [3.8, 4) is 28.6 Å². The SMILES string of the molecule is Cn1cnnc1-c1c(-c2ccccc2)ccc(C#N)c1C=O. The van der Waals surface area contributed by atoms with Crippen molar-refractivity contribution in [3.05, 3.63) is 59.9 Å². The van der Waals surface area contributed by atoms with E-state index < -0.39 is 0 Å². The molecular weight excluding hydrogens is 276 g/mol. The maximum atomic E-state index is 11.6. The second kappa shape index (κ2) is 5.62. The van der Waals surface area contributed by atoms with Gasteiger partial charge in [-0.2, -0.15) is 5.26 Å². The zero-order valence-electron chi connectivity index (χ0n) is 11.9. The Balaban J connectivity index is 2.39. The second-order valence-corrected chi connectivity index (χ2v) is 4.81. The molecule has 1 heterocycles. The van der Waals surface area contributed by atoms with Gasteiger partial charge in [0, 0.05) is 18.2 Å². The summed E-state index contributed by atoms with van der Waals surface area (Å²) < 4.78 is 1.73. The Morgan fingerprint density at radius 1 is 1.18 bits per heavy atom. The van der Waals surface area contributed by atoms with Crippen LogP contribution in [-0.4, -0.2) is 21.1 Å². The lowest BCUT2D eigenvalue weighted by molar-refractivity contribution is 0.112. The predicted molar refractivity (Wildman–Crippen MR) is 82.0 cm³/mol. The van der Waals surface area contributed by atoms with E-state index in [-0.39, 0.29) is 0 Å². The van der Waals surface area contributed by atoms with Crippen molar-refractivity contribution in [3.63, 3.8) is 0 Å². The molecule has 0 aliphatic rings. The van der Waals surface area contributed by atoms with Gasteiger partial charge >= 0.3 is 0 Å². The monoisotopic (exact) mass is 288 g/mol. The van der Waals surface area contributed by atoms with Crippen LogP contribution in [0.3, 0.4) is 0 Å². The Bertz CT molecular complexity index is 875. The molecule has 3 aromatic rings. The van der Waals surface area contributed by atoms with Crippen molar-refractivity contribution in [2.45, 2.75) is 0 Å². The molecule has 0 fully saturated rings. The number of aldehydes is 1. The van der Waals surface area contributed by atoms with Crippen LogP contribution < -0.4 is 0 Å². The van der Waals surface area contributed by atoms with E-state index in [4.69, 9.17) is 0 Å². The van der Waals surface area contributed by atoms with Crippen LogP contribution in [0.5, 0.6) is 0 Å². The lowest BCUT2D eigenvalue weighted by Gasteiger charge is -2.12. The molecule has 0 amide bonds. The van der Waals surface area contributed by atoms with E-state index in [1.165, 1.54) is 0 Å². The highest BCUT2D eigenvalue weighted by Gasteiger charge is 2.19. The molecule has 0 aliphatic carbocycles. The second-order valence-electron chi connectivity index (χ2n) is 4.81. The van der Waals surface area contributed by atoms with Gasteiger partial charge in [0.15, 0.2) is 12.1 Å². The molecular formula is C17H12N4O. The third-order valence-corrected chi connectivity index (χ3v) is 3.50. The fourth-order valence-electron chi connectivity index (χ4n) is 2.45. The van der Waals surface area contributed by atoms with Gasteiger partial charge in [-0.1, -0.05) is 36.4 Å². The number of hydrogen-bond acceptors (Lipinski definition) is 4. The molecule has 0 unspecified atom stereocenters. The first-order valence-corrected chi connectivity index (χ1v) is 6.68. The number of benzene rings is 2. The molecule has 0 saturated carbocycles. The van der Waals surface area contributed by atoms with Crippen LogP contribution in [0, 0.1) is 11.3 Å². The highest BCUT2D eigenvalue weighted by molar-refractivity contribution is 5.96. The molecule has 0 N–H and O–H groups in total. The highest BCUT2D eigenvalue weighted by atomic mass is 16.1. The molecule has 5 nitrogen and oxygen atoms in total. The standard InChI is InChI=1S/C17H12N4O/c1-21-11-19-20-17(21)16-14(12-5-3-2-4-6-12)8-7-13(9-18)15(16)10-22/h2-8,10-11H,1H3. The minimum atomic E-state index is 0.327. The topological polar surface area (TPSA) is 71.6 Å². The number of carbonyl (C=O) groups is 1. The molecule has 0 bridgehead atoms. The van der Waals surface area contributed by atoms with E-state index in [9.17, 15) is 10.1 Å². The molecule has 3 rings (SSSR count). The van der Waals surface area contributed by atoms with Gasteiger partial charge in [-0.05, 0) is 17.2 Å². The molecule has 0 atom stereocenters. The zero-order chi connectivity index (χ0) is 15.5. The van der Waals surface area contributed by atoms with E-state index in [2.05, 4.69) is 16.3 Å². The van der Waals surface area contributed by atoms with Gasteiger partial charge in [0.05, 0.1) is 11.6 Å². The van der Waals surface area contributed by atoms with Crippen LogP contribution in [0.4, 0.5) is 0 Å². The van der Waals surface area contributed by atoms with Crippen molar-refractivity contribution in [1.29, 1.82) is 5.26 Å². The first-order valence-electron chi connectivity index (χ1n) is 6.68. The van der Waals surface area contributed by atoms with Gasteiger partial charge in [-0.3, -0.25) is 4.79 Å². The summed E-state index contributed by atoms with van der Waals surface area (Å²) in [5.41, 5.74) is 3.08. The van der Waals surface area contributed by atoms with E-state index in [1.807, 2.05) is 36.4 Å². The van der Waals surface area contributed by atoms with Crippen LogP contribution in [0.25, 0.3) is 22.5 Å². The van der Waals surface area contributed by atoms with Crippen LogP contribution >= 0.6 is 0 Å². The molecule has 0 spiro atoms. The maximum Gasteiger partial charge on any atom is 0.164 e. The summed E-state index contributed by atoms with van der Waals surface area (Å²) >= 11 is 0. The van der Waals surface area contributed by atoms with Gasteiger partial charge in [0.1, 0.15) is 6.33 Å². The number of aryl methyl sites for hydroxylation is 1. The number of hydrogen-bond donors (Lipinski definition) is 0. The Hall–Kier alpha value is -3.26. The summed E-state index contributed by atoms with van der Waals surface area (Å²) in [6, 6.07) is 15.2. The van der Waals surface area contributed by atoms with Gasteiger partial charge in [-0.15, -0.1) is 10.2 Å². The van der Waals surface area contributed by atoms with E-state index >= 15 is 0 Å². The smallest absolute Gasteiger partial charge is 0.164 e. The Kier molecular flexibility index (Phi) is 3.50. The largest absolute Gasteiger partial charge is 0.317 e. The van der Waals surface area contributed by atoms with E-state index in [0.29, 0.717) is 28.8 Å². The quantitative estimate of drug-likeness (QED) is 0.695. The summed E-state index contributed by atoms with van der Waals surface area (Å²) in [5, 5.41) is 17.2. The number of aromatic nitrogens is 3. The van der Waals surface area contributed by atoms with Crippen molar-refractivity contribution >= 4 is 6.29 Å². The molecule has 0 radical (unpaired) electrons. The van der Waals surface area contributed by atoms with Crippen LogP contribution in [0.2, 0.25) is 0 Å². The third-order valence-electron chi connectivity index (χ3n) is 3.50. The Labute approximate surface area is 127 Å². The first-order chi connectivity index (χ1) is 10.8. The molecule has 0 saturated heterocycles. The minimum Gasteiger partial charge on any atom is -0.317 e.